The molecular formula is C23H25P. The molecule has 0 nitrogen and oxygen atoms in total. The van der Waals surface area contributed by atoms with Crippen LogP contribution in [0.5, 0.6) is 0 Å². The minimum absolute atomic E-state index is 0.336. The van der Waals surface area contributed by atoms with E-state index in [-0.39, 0.29) is 0 Å². The van der Waals surface area contributed by atoms with Crippen LogP contribution in [-0.4, -0.2) is 0 Å². The second-order valence-corrected chi connectivity index (χ2v) is 7.36. The van der Waals surface area contributed by atoms with Crippen molar-refractivity contribution in [2.24, 2.45) is 0 Å². The van der Waals surface area contributed by atoms with Gasteiger partial charge in [0.15, 0.2) is 0 Å². The molecule has 1 fully saturated rings. The van der Waals surface area contributed by atoms with Gasteiger partial charge in [-0.05, 0) is 40.6 Å². The standard InChI is InChI=1S/C17H18.C6H7P/c1-17(15-10-6-3-7-11-15)13-12-16(17)14-8-4-2-5-9-14;7-6-4-2-1-3-5-6/h2-11,16H,12-13H2,1H3;1-5H,7H2/t16?,17-;/m0./s1. The van der Waals surface area contributed by atoms with Gasteiger partial charge in [-0.1, -0.05) is 97.9 Å². The van der Waals surface area contributed by atoms with Gasteiger partial charge in [-0.25, -0.2) is 0 Å². The van der Waals surface area contributed by atoms with Crippen LogP contribution in [0, 0.1) is 0 Å². The van der Waals surface area contributed by atoms with Crippen LogP contribution < -0.4 is 5.30 Å². The highest BCUT2D eigenvalue weighted by Gasteiger charge is 2.44. The Bertz CT molecular complexity index is 737. The van der Waals surface area contributed by atoms with Crippen molar-refractivity contribution in [1.82, 2.24) is 0 Å². The first-order valence-electron chi connectivity index (χ1n) is 8.61. The Morgan fingerprint density at radius 2 is 1.25 bits per heavy atom. The molecular weight excluding hydrogens is 307 g/mol. The predicted molar refractivity (Wildman–Crippen MR) is 108 cm³/mol. The summed E-state index contributed by atoms with van der Waals surface area (Å²) >= 11 is 0. The Balaban J connectivity index is 0.000000203. The summed E-state index contributed by atoms with van der Waals surface area (Å²) in [6.45, 7) is 2.41. The van der Waals surface area contributed by atoms with Crippen molar-refractivity contribution in [3.63, 3.8) is 0 Å². The molecule has 4 rings (SSSR count). The molecule has 0 heterocycles. The molecule has 3 atom stereocenters. The van der Waals surface area contributed by atoms with Gasteiger partial charge in [0.1, 0.15) is 0 Å². The topological polar surface area (TPSA) is 0 Å². The Labute approximate surface area is 148 Å². The molecule has 122 valence electrons. The Kier molecular flexibility index (Phi) is 5.48. The van der Waals surface area contributed by atoms with E-state index in [9.17, 15) is 0 Å². The zero-order chi connectivity index (χ0) is 16.8. The maximum absolute atomic E-state index is 2.63. The number of benzene rings is 3. The van der Waals surface area contributed by atoms with Gasteiger partial charge in [0.2, 0.25) is 0 Å². The third-order valence-corrected chi connectivity index (χ3v) is 5.54. The molecule has 1 heteroatoms. The molecule has 0 bridgehead atoms. The molecule has 1 aliphatic rings. The van der Waals surface area contributed by atoms with Crippen LogP contribution in [0.15, 0.2) is 91.0 Å². The van der Waals surface area contributed by atoms with Gasteiger partial charge in [0.05, 0.1) is 0 Å². The molecule has 0 saturated heterocycles. The quantitative estimate of drug-likeness (QED) is 0.527. The normalized spacial score (nSPS) is 22.0. The van der Waals surface area contributed by atoms with E-state index in [1.165, 1.54) is 29.3 Å². The van der Waals surface area contributed by atoms with Crippen LogP contribution in [0.4, 0.5) is 0 Å². The van der Waals surface area contributed by atoms with E-state index < -0.39 is 0 Å². The molecule has 0 amide bonds. The lowest BCUT2D eigenvalue weighted by Gasteiger charge is -2.48. The fourth-order valence-electron chi connectivity index (χ4n) is 3.56. The van der Waals surface area contributed by atoms with E-state index in [1.807, 2.05) is 30.3 Å². The van der Waals surface area contributed by atoms with Crippen LogP contribution in [-0.2, 0) is 5.41 Å². The maximum atomic E-state index is 2.63. The lowest BCUT2D eigenvalue weighted by Crippen LogP contribution is -2.39. The molecule has 0 aliphatic heterocycles. The van der Waals surface area contributed by atoms with E-state index >= 15 is 0 Å². The second-order valence-electron chi connectivity index (χ2n) is 6.70. The van der Waals surface area contributed by atoms with Gasteiger partial charge in [-0.2, -0.15) is 0 Å². The van der Waals surface area contributed by atoms with Crippen LogP contribution in [0.2, 0.25) is 0 Å². The van der Waals surface area contributed by atoms with Crippen LogP contribution >= 0.6 is 9.24 Å². The molecule has 1 aliphatic carbocycles. The minimum Gasteiger partial charge on any atom is -0.106 e. The van der Waals surface area contributed by atoms with Crippen molar-refractivity contribution in [1.29, 1.82) is 0 Å². The second kappa shape index (κ2) is 7.77. The summed E-state index contributed by atoms with van der Waals surface area (Å²) in [5.41, 5.74) is 3.31. The Morgan fingerprint density at radius 1 is 0.750 bits per heavy atom. The summed E-state index contributed by atoms with van der Waals surface area (Å²) in [6, 6.07) is 32.0. The zero-order valence-electron chi connectivity index (χ0n) is 14.2. The average Bonchev–Trinajstić information content (AvgIpc) is 2.63. The highest BCUT2D eigenvalue weighted by atomic mass is 31.0. The van der Waals surface area contributed by atoms with Crippen molar-refractivity contribution in [2.75, 3.05) is 0 Å². The predicted octanol–water partition coefficient (Wildman–Crippen LogP) is 5.71. The fourth-order valence-corrected chi connectivity index (χ4v) is 3.78. The first-order chi connectivity index (χ1) is 11.7. The molecule has 0 aromatic heterocycles. The van der Waals surface area contributed by atoms with Crippen molar-refractivity contribution < 1.29 is 0 Å². The lowest BCUT2D eigenvalue weighted by atomic mass is 9.56. The molecule has 2 unspecified atom stereocenters. The highest BCUT2D eigenvalue weighted by molar-refractivity contribution is 7.27. The number of hydrogen-bond acceptors (Lipinski definition) is 0. The zero-order valence-corrected chi connectivity index (χ0v) is 15.4. The summed E-state index contributed by atoms with van der Waals surface area (Å²) in [6.07, 6.45) is 2.62. The average molecular weight is 332 g/mol. The number of hydrogen-bond donors (Lipinski definition) is 0. The minimum atomic E-state index is 0.336. The molecule has 0 radical (unpaired) electrons. The number of rotatable bonds is 2. The first-order valence-corrected chi connectivity index (χ1v) is 9.19. The van der Waals surface area contributed by atoms with E-state index in [1.54, 1.807) is 0 Å². The van der Waals surface area contributed by atoms with Gasteiger partial charge in [0, 0.05) is 0 Å². The van der Waals surface area contributed by atoms with Gasteiger partial charge in [0.25, 0.3) is 0 Å². The Morgan fingerprint density at radius 3 is 1.67 bits per heavy atom. The third kappa shape index (κ3) is 3.77. The van der Waals surface area contributed by atoms with E-state index in [0.29, 0.717) is 11.3 Å². The molecule has 0 N–H and O–H groups in total. The molecule has 3 aromatic carbocycles. The molecule has 0 spiro atoms. The Hall–Kier alpha value is -1.91. The summed E-state index contributed by atoms with van der Waals surface area (Å²) in [5.74, 6) is 0.686. The monoisotopic (exact) mass is 332 g/mol. The summed E-state index contributed by atoms with van der Waals surface area (Å²) in [7, 11) is 2.63. The smallest absolute Gasteiger partial charge is 0.000643 e. The molecule has 1 saturated carbocycles. The van der Waals surface area contributed by atoms with E-state index in [4.69, 9.17) is 0 Å². The summed E-state index contributed by atoms with van der Waals surface area (Å²) < 4.78 is 0. The van der Waals surface area contributed by atoms with E-state index in [0.717, 1.165) is 0 Å². The molecule has 3 aromatic rings. The highest BCUT2D eigenvalue weighted by Crippen LogP contribution is 2.53. The summed E-state index contributed by atoms with van der Waals surface area (Å²) in [5, 5.41) is 1.24. The first kappa shape index (κ1) is 16.9. The summed E-state index contributed by atoms with van der Waals surface area (Å²) in [4.78, 5) is 0. The van der Waals surface area contributed by atoms with Crippen LogP contribution in [0.3, 0.4) is 0 Å². The van der Waals surface area contributed by atoms with Gasteiger partial charge >= 0.3 is 0 Å². The van der Waals surface area contributed by atoms with Crippen molar-refractivity contribution in [2.45, 2.75) is 31.1 Å². The van der Waals surface area contributed by atoms with Crippen molar-refractivity contribution in [3.05, 3.63) is 102 Å². The SMILES string of the molecule is C[C@@]1(c2ccccc2)CCC1c1ccccc1.Pc1ccccc1. The van der Waals surface area contributed by atoms with E-state index in [2.05, 4.69) is 76.8 Å². The van der Waals surface area contributed by atoms with Gasteiger partial charge in [-0.15, -0.1) is 9.24 Å². The van der Waals surface area contributed by atoms with Gasteiger partial charge in [-0.3, -0.25) is 0 Å². The van der Waals surface area contributed by atoms with Gasteiger partial charge < -0.3 is 0 Å². The lowest BCUT2D eigenvalue weighted by molar-refractivity contribution is 0.214. The van der Waals surface area contributed by atoms with Crippen LogP contribution in [0.25, 0.3) is 0 Å². The van der Waals surface area contributed by atoms with Crippen LogP contribution in [0.1, 0.15) is 36.8 Å². The fraction of sp³-hybridized carbons (Fsp3) is 0.217. The van der Waals surface area contributed by atoms with Crippen molar-refractivity contribution in [3.8, 4) is 0 Å². The molecule has 24 heavy (non-hydrogen) atoms. The van der Waals surface area contributed by atoms with Crippen molar-refractivity contribution >= 4 is 14.5 Å². The third-order valence-electron chi connectivity index (χ3n) is 5.16. The maximum Gasteiger partial charge on any atom is -0.000643 e. The largest absolute Gasteiger partial charge is 0.106 e.